The Morgan fingerprint density at radius 2 is 2.12 bits per heavy atom. The fraction of sp³-hybridized carbons (Fsp3) is 0.385. The Morgan fingerprint density at radius 1 is 1.35 bits per heavy atom. The molecule has 3 rings (SSSR count). The second-order valence-corrected chi connectivity index (χ2v) is 4.57. The normalized spacial score (nSPS) is 18.6. The summed E-state index contributed by atoms with van der Waals surface area (Å²) in [5, 5.41) is 8.16. The van der Waals surface area contributed by atoms with Gasteiger partial charge in [-0.1, -0.05) is 0 Å². The van der Waals surface area contributed by atoms with Gasteiger partial charge in [0, 0.05) is 30.1 Å². The van der Waals surface area contributed by atoms with E-state index in [-0.39, 0.29) is 0 Å². The number of pyridine rings is 1. The van der Waals surface area contributed by atoms with Crippen molar-refractivity contribution in [3.05, 3.63) is 30.1 Å². The first kappa shape index (κ1) is 10.3. The molecular weight excluding hydrogens is 212 g/mol. The van der Waals surface area contributed by atoms with Crippen molar-refractivity contribution in [3.63, 3.8) is 0 Å². The lowest BCUT2D eigenvalue weighted by Crippen LogP contribution is -2.21. The number of aromatic nitrogens is 3. The van der Waals surface area contributed by atoms with Gasteiger partial charge in [0.25, 0.3) is 0 Å². The predicted molar refractivity (Wildman–Crippen MR) is 68.0 cm³/mol. The highest BCUT2D eigenvalue weighted by Gasteiger charge is 2.22. The number of rotatable bonds is 1. The zero-order valence-electron chi connectivity index (χ0n) is 10.1. The number of hydrogen-bond acceptors (Lipinski definition) is 3. The highest BCUT2D eigenvalue weighted by molar-refractivity contribution is 5.68. The molecule has 0 saturated carbocycles. The van der Waals surface area contributed by atoms with Gasteiger partial charge in [-0.3, -0.25) is 4.98 Å². The molecule has 1 atom stereocenters. The summed E-state index contributed by atoms with van der Waals surface area (Å²) >= 11 is 0. The summed E-state index contributed by atoms with van der Waals surface area (Å²) in [6, 6.07) is 4.48. The molecule has 1 aliphatic heterocycles. The largest absolute Gasteiger partial charge is 0.370 e. The van der Waals surface area contributed by atoms with E-state index in [0.29, 0.717) is 6.04 Å². The fourth-order valence-electron chi connectivity index (χ4n) is 2.36. The Kier molecular flexibility index (Phi) is 2.35. The number of anilines is 1. The third kappa shape index (κ3) is 1.60. The maximum absolute atomic E-state index is 4.73. The van der Waals surface area contributed by atoms with Gasteiger partial charge in [-0.25, -0.2) is 4.68 Å². The monoisotopic (exact) mass is 228 g/mol. The Balaban J connectivity index is 2.14. The van der Waals surface area contributed by atoms with E-state index in [4.69, 9.17) is 5.10 Å². The van der Waals surface area contributed by atoms with Crippen LogP contribution in [0.5, 0.6) is 0 Å². The molecule has 0 aliphatic carbocycles. The first-order valence-electron chi connectivity index (χ1n) is 6.00. The van der Waals surface area contributed by atoms with Crippen LogP contribution in [0.25, 0.3) is 11.3 Å². The van der Waals surface area contributed by atoms with E-state index in [1.54, 1.807) is 0 Å². The predicted octanol–water partition coefficient (Wildman–Crippen LogP) is 2.63. The van der Waals surface area contributed by atoms with E-state index in [1.165, 1.54) is 5.56 Å². The van der Waals surface area contributed by atoms with E-state index in [2.05, 4.69) is 28.8 Å². The fourth-order valence-corrected chi connectivity index (χ4v) is 2.36. The minimum absolute atomic E-state index is 0.473. The van der Waals surface area contributed by atoms with E-state index >= 15 is 0 Å². The van der Waals surface area contributed by atoms with Crippen LogP contribution in [-0.2, 0) is 0 Å². The summed E-state index contributed by atoms with van der Waals surface area (Å²) in [4.78, 5) is 4.05. The second kappa shape index (κ2) is 3.87. The molecule has 0 bridgehead atoms. The van der Waals surface area contributed by atoms with E-state index in [0.717, 1.165) is 30.0 Å². The van der Waals surface area contributed by atoms with Gasteiger partial charge in [0.05, 0.1) is 11.7 Å². The standard InChI is InChI=1S/C13H16N4/c1-9-3-8-15-13-10(2)12(16-17(9)13)11-4-6-14-7-5-11/h4-7,9,15H,3,8H2,1-2H3. The molecule has 0 amide bonds. The van der Waals surface area contributed by atoms with Crippen molar-refractivity contribution in [1.82, 2.24) is 14.8 Å². The SMILES string of the molecule is Cc1c(-c2ccncc2)nn2c1NCCC2C. The first-order chi connectivity index (χ1) is 8.27. The van der Waals surface area contributed by atoms with E-state index < -0.39 is 0 Å². The zero-order valence-corrected chi connectivity index (χ0v) is 10.1. The molecule has 1 N–H and O–H groups in total. The zero-order chi connectivity index (χ0) is 11.8. The summed E-state index contributed by atoms with van der Waals surface area (Å²) in [6.07, 6.45) is 4.75. The van der Waals surface area contributed by atoms with Crippen LogP contribution in [0.4, 0.5) is 5.82 Å². The number of nitrogens with zero attached hydrogens (tertiary/aromatic N) is 3. The number of hydrogen-bond donors (Lipinski definition) is 1. The molecule has 4 nitrogen and oxygen atoms in total. The van der Waals surface area contributed by atoms with E-state index in [1.807, 2.05) is 24.5 Å². The average Bonchev–Trinajstić information content (AvgIpc) is 2.70. The van der Waals surface area contributed by atoms with Gasteiger partial charge in [0.15, 0.2) is 0 Å². The molecule has 1 aliphatic rings. The second-order valence-electron chi connectivity index (χ2n) is 4.57. The maximum atomic E-state index is 4.73. The molecule has 2 aromatic rings. The minimum atomic E-state index is 0.473. The molecule has 0 fully saturated rings. The van der Waals surface area contributed by atoms with Crippen molar-refractivity contribution in [2.75, 3.05) is 11.9 Å². The highest BCUT2D eigenvalue weighted by atomic mass is 15.4. The smallest absolute Gasteiger partial charge is 0.128 e. The summed E-state index contributed by atoms with van der Waals surface area (Å²) in [7, 11) is 0. The van der Waals surface area contributed by atoms with Crippen molar-refractivity contribution in [3.8, 4) is 11.3 Å². The Bertz CT molecular complexity index is 530. The lowest BCUT2D eigenvalue weighted by atomic mass is 10.1. The van der Waals surface area contributed by atoms with Crippen LogP contribution in [0.3, 0.4) is 0 Å². The maximum Gasteiger partial charge on any atom is 0.128 e. The first-order valence-corrected chi connectivity index (χ1v) is 6.00. The topological polar surface area (TPSA) is 42.7 Å². The van der Waals surface area contributed by atoms with Crippen LogP contribution >= 0.6 is 0 Å². The summed E-state index contributed by atoms with van der Waals surface area (Å²) < 4.78 is 2.11. The molecule has 0 saturated heterocycles. The average molecular weight is 228 g/mol. The molecule has 0 radical (unpaired) electrons. The van der Waals surface area contributed by atoms with Crippen molar-refractivity contribution in [2.24, 2.45) is 0 Å². The third-order valence-electron chi connectivity index (χ3n) is 3.37. The summed E-state index contributed by atoms with van der Waals surface area (Å²) in [5.41, 5.74) is 3.42. The molecule has 2 aromatic heterocycles. The van der Waals surface area contributed by atoms with Crippen molar-refractivity contribution < 1.29 is 0 Å². The summed E-state index contributed by atoms with van der Waals surface area (Å²) in [6.45, 7) is 5.37. The third-order valence-corrected chi connectivity index (χ3v) is 3.37. The Hall–Kier alpha value is -1.84. The highest BCUT2D eigenvalue weighted by Crippen LogP contribution is 2.32. The summed E-state index contributed by atoms with van der Waals surface area (Å²) in [5.74, 6) is 1.16. The van der Waals surface area contributed by atoms with E-state index in [9.17, 15) is 0 Å². The Labute approximate surface area is 101 Å². The van der Waals surface area contributed by atoms with Crippen LogP contribution in [-0.4, -0.2) is 21.3 Å². The van der Waals surface area contributed by atoms with Crippen LogP contribution in [0.15, 0.2) is 24.5 Å². The molecule has 88 valence electrons. The van der Waals surface area contributed by atoms with Crippen LogP contribution < -0.4 is 5.32 Å². The van der Waals surface area contributed by atoms with Gasteiger partial charge in [-0.15, -0.1) is 0 Å². The quantitative estimate of drug-likeness (QED) is 0.816. The van der Waals surface area contributed by atoms with Crippen molar-refractivity contribution in [1.29, 1.82) is 0 Å². The number of nitrogens with one attached hydrogen (secondary N) is 1. The molecule has 0 aromatic carbocycles. The molecule has 3 heterocycles. The van der Waals surface area contributed by atoms with Crippen LogP contribution in [0, 0.1) is 6.92 Å². The lowest BCUT2D eigenvalue weighted by Gasteiger charge is -2.22. The van der Waals surface area contributed by atoms with Gasteiger partial charge in [0.2, 0.25) is 0 Å². The molecule has 1 unspecified atom stereocenters. The minimum Gasteiger partial charge on any atom is -0.370 e. The van der Waals surface area contributed by atoms with Gasteiger partial charge in [-0.2, -0.15) is 5.10 Å². The molecule has 0 spiro atoms. The van der Waals surface area contributed by atoms with Gasteiger partial charge < -0.3 is 5.32 Å². The Morgan fingerprint density at radius 3 is 2.82 bits per heavy atom. The van der Waals surface area contributed by atoms with Crippen LogP contribution in [0.1, 0.15) is 24.9 Å². The lowest BCUT2D eigenvalue weighted by molar-refractivity contribution is 0.453. The van der Waals surface area contributed by atoms with Crippen molar-refractivity contribution >= 4 is 5.82 Å². The van der Waals surface area contributed by atoms with Crippen molar-refractivity contribution in [2.45, 2.75) is 26.3 Å². The molecule has 17 heavy (non-hydrogen) atoms. The molecule has 4 heteroatoms. The van der Waals surface area contributed by atoms with Gasteiger partial charge >= 0.3 is 0 Å². The number of fused-ring (bicyclic) bond motifs is 1. The van der Waals surface area contributed by atoms with Crippen LogP contribution in [0.2, 0.25) is 0 Å². The molecular formula is C13H16N4. The van der Waals surface area contributed by atoms with Gasteiger partial charge in [0.1, 0.15) is 5.82 Å². The van der Waals surface area contributed by atoms with Gasteiger partial charge in [-0.05, 0) is 32.4 Å².